The molecule has 4 nitrogen and oxygen atoms in total. The summed E-state index contributed by atoms with van der Waals surface area (Å²) in [4.78, 5) is 11.2. The van der Waals surface area contributed by atoms with Gasteiger partial charge >= 0.3 is 5.97 Å². The molecule has 0 saturated carbocycles. The van der Waals surface area contributed by atoms with Gasteiger partial charge in [0.15, 0.2) is 0 Å². The minimum atomic E-state index is -1.21. The van der Waals surface area contributed by atoms with E-state index < -0.39 is 18.2 Å². The fourth-order valence-electron chi connectivity index (χ4n) is 1.64. The molecule has 0 radical (unpaired) electrons. The maximum Gasteiger partial charge on any atom is 0.308 e. The molecular formula is C13H17ClO4. The minimum absolute atomic E-state index is 0.248. The zero-order valence-corrected chi connectivity index (χ0v) is 11.1. The minimum Gasteiger partial charge on any atom is -0.466 e. The lowest BCUT2D eigenvalue weighted by molar-refractivity contribution is -0.147. The molecule has 1 aromatic carbocycles. The summed E-state index contributed by atoms with van der Waals surface area (Å²) in [7, 11) is 0. The molecule has 5 heteroatoms. The first-order chi connectivity index (χ1) is 8.45. The van der Waals surface area contributed by atoms with Crippen molar-refractivity contribution in [2.24, 2.45) is 0 Å². The third kappa shape index (κ3) is 3.98. The molecule has 2 N–H and O–H groups in total. The van der Waals surface area contributed by atoms with Gasteiger partial charge in [0.1, 0.15) is 6.10 Å². The normalized spacial score (nSPS) is 14.1. The Labute approximate surface area is 111 Å². The highest BCUT2D eigenvalue weighted by atomic mass is 35.5. The zero-order valence-electron chi connectivity index (χ0n) is 10.4. The molecule has 18 heavy (non-hydrogen) atoms. The van der Waals surface area contributed by atoms with Crippen LogP contribution in [0, 0.1) is 6.92 Å². The number of carbonyl (C=O) groups excluding carboxylic acids is 1. The van der Waals surface area contributed by atoms with Gasteiger partial charge in [-0.25, -0.2) is 0 Å². The van der Waals surface area contributed by atoms with Crippen molar-refractivity contribution in [2.75, 3.05) is 6.61 Å². The summed E-state index contributed by atoms with van der Waals surface area (Å²) in [5.74, 6) is -0.538. The van der Waals surface area contributed by atoms with Crippen molar-refractivity contribution in [3.63, 3.8) is 0 Å². The van der Waals surface area contributed by atoms with Crippen molar-refractivity contribution in [1.82, 2.24) is 0 Å². The van der Waals surface area contributed by atoms with Gasteiger partial charge < -0.3 is 14.9 Å². The van der Waals surface area contributed by atoms with Gasteiger partial charge in [0.25, 0.3) is 0 Å². The predicted molar refractivity (Wildman–Crippen MR) is 68.4 cm³/mol. The van der Waals surface area contributed by atoms with Crippen LogP contribution in [-0.4, -0.2) is 28.9 Å². The second kappa shape index (κ2) is 6.73. The average Bonchev–Trinajstić information content (AvgIpc) is 2.31. The highest BCUT2D eigenvalue weighted by Gasteiger charge is 2.23. The summed E-state index contributed by atoms with van der Waals surface area (Å²) in [5.41, 5.74) is 1.31. The Bertz CT molecular complexity index is 419. The van der Waals surface area contributed by atoms with E-state index >= 15 is 0 Å². The molecule has 1 aromatic rings. The number of carbonyl (C=O) groups is 1. The number of hydrogen-bond donors (Lipinski definition) is 2. The van der Waals surface area contributed by atoms with E-state index in [9.17, 15) is 15.0 Å². The van der Waals surface area contributed by atoms with Crippen molar-refractivity contribution in [3.8, 4) is 0 Å². The van der Waals surface area contributed by atoms with Crippen molar-refractivity contribution in [3.05, 3.63) is 34.3 Å². The zero-order chi connectivity index (χ0) is 13.7. The molecular weight excluding hydrogens is 256 g/mol. The first-order valence-corrected chi connectivity index (χ1v) is 6.11. The number of aliphatic hydroxyl groups is 2. The monoisotopic (exact) mass is 272 g/mol. The standard InChI is InChI=1S/C13H17ClO4/c1-3-18-12(16)7-11(15)13(17)10-6-9(14)5-4-8(10)2/h4-6,11,13,15,17H,3,7H2,1-2H3. The maximum absolute atomic E-state index is 11.2. The molecule has 0 aromatic heterocycles. The number of aliphatic hydroxyl groups excluding tert-OH is 2. The molecule has 0 heterocycles. The van der Waals surface area contributed by atoms with Crippen LogP contribution in [0.2, 0.25) is 5.02 Å². The summed E-state index contributed by atoms with van der Waals surface area (Å²) in [5, 5.41) is 20.3. The summed E-state index contributed by atoms with van der Waals surface area (Å²) < 4.78 is 4.72. The predicted octanol–water partition coefficient (Wildman–Crippen LogP) is 2.00. The molecule has 2 atom stereocenters. The van der Waals surface area contributed by atoms with Crippen LogP contribution in [0.5, 0.6) is 0 Å². The fourth-order valence-corrected chi connectivity index (χ4v) is 1.82. The second-order valence-electron chi connectivity index (χ2n) is 4.02. The molecule has 0 saturated heterocycles. The van der Waals surface area contributed by atoms with E-state index in [-0.39, 0.29) is 13.0 Å². The van der Waals surface area contributed by atoms with Crippen molar-refractivity contribution >= 4 is 17.6 Å². The Morgan fingerprint density at radius 3 is 2.72 bits per heavy atom. The molecule has 100 valence electrons. The summed E-state index contributed by atoms with van der Waals surface area (Å²) in [6, 6.07) is 5.03. The maximum atomic E-state index is 11.2. The van der Waals surface area contributed by atoms with Crippen LogP contribution in [-0.2, 0) is 9.53 Å². The van der Waals surface area contributed by atoms with E-state index in [0.717, 1.165) is 5.56 Å². The molecule has 0 fully saturated rings. The van der Waals surface area contributed by atoms with Gasteiger partial charge in [-0.15, -0.1) is 0 Å². The number of rotatable bonds is 5. The number of halogens is 1. The van der Waals surface area contributed by atoms with Crippen LogP contribution in [0.25, 0.3) is 0 Å². The lowest BCUT2D eigenvalue weighted by Crippen LogP contribution is -2.23. The number of aryl methyl sites for hydroxylation is 1. The SMILES string of the molecule is CCOC(=O)CC(O)C(O)c1cc(Cl)ccc1C. The quantitative estimate of drug-likeness (QED) is 0.805. The Balaban J connectivity index is 2.76. The number of benzene rings is 1. The van der Waals surface area contributed by atoms with E-state index in [2.05, 4.69) is 0 Å². The van der Waals surface area contributed by atoms with E-state index in [1.165, 1.54) is 0 Å². The Hall–Kier alpha value is -1.10. The highest BCUT2D eigenvalue weighted by Crippen LogP contribution is 2.25. The topological polar surface area (TPSA) is 66.8 Å². The molecule has 0 aliphatic rings. The largest absolute Gasteiger partial charge is 0.466 e. The van der Waals surface area contributed by atoms with Crippen LogP contribution >= 0.6 is 11.6 Å². The van der Waals surface area contributed by atoms with Gasteiger partial charge in [0.05, 0.1) is 19.1 Å². The molecule has 0 aliphatic heterocycles. The van der Waals surface area contributed by atoms with Gasteiger partial charge in [-0.1, -0.05) is 17.7 Å². The summed E-state index contributed by atoms with van der Waals surface area (Å²) in [6.45, 7) is 3.73. The van der Waals surface area contributed by atoms with E-state index in [1.807, 2.05) is 0 Å². The Kier molecular flexibility index (Phi) is 5.59. The first kappa shape index (κ1) is 15.0. The van der Waals surface area contributed by atoms with Crippen molar-refractivity contribution < 1.29 is 19.7 Å². The molecule has 0 amide bonds. The average molecular weight is 273 g/mol. The van der Waals surface area contributed by atoms with Crippen LogP contribution in [0.4, 0.5) is 0 Å². The van der Waals surface area contributed by atoms with Gasteiger partial charge in [-0.2, -0.15) is 0 Å². The van der Waals surface area contributed by atoms with Gasteiger partial charge in [-0.05, 0) is 37.1 Å². The molecule has 1 rings (SSSR count). The molecule has 0 spiro atoms. The van der Waals surface area contributed by atoms with Gasteiger partial charge in [0.2, 0.25) is 0 Å². The van der Waals surface area contributed by atoms with Crippen molar-refractivity contribution in [2.45, 2.75) is 32.5 Å². The number of esters is 1. The molecule has 0 aliphatic carbocycles. The third-order valence-electron chi connectivity index (χ3n) is 2.61. The second-order valence-corrected chi connectivity index (χ2v) is 4.46. The van der Waals surface area contributed by atoms with Crippen LogP contribution in [0.1, 0.15) is 30.6 Å². The van der Waals surface area contributed by atoms with Crippen molar-refractivity contribution in [1.29, 1.82) is 0 Å². The Morgan fingerprint density at radius 2 is 2.11 bits per heavy atom. The molecule has 2 unspecified atom stereocenters. The van der Waals surface area contributed by atoms with Gasteiger partial charge in [0, 0.05) is 5.02 Å². The lowest BCUT2D eigenvalue weighted by Gasteiger charge is -2.19. The molecule has 0 bridgehead atoms. The van der Waals surface area contributed by atoms with Crippen LogP contribution in [0.15, 0.2) is 18.2 Å². The highest BCUT2D eigenvalue weighted by molar-refractivity contribution is 6.30. The summed E-state index contributed by atoms with van der Waals surface area (Å²) in [6.07, 6.45) is -2.62. The smallest absolute Gasteiger partial charge is 0.308 e. The Morgan fingerprint density at radius 1 is 1.44 bits per heavy atom. The first-order valence-electron chi connectivity index (χ1n) is 5.73. The van der Waals surface area contributed by atoms with Crippen LogP contribution in [0.3, 0.4) is 0 Å². The summed E-state index contributed by atoms with van der Waals surface area (Å²) >= 11 is 5.84. The van der Waals surface area contributed by atoms with Gasteiger partial charge in [-0.3, -0.25) is 4.79 Å². The fraction of sp³-hybridized carbons (Fsp3) is 0.462. The third-order valence-corrected chi connectivity index (χ3v) is 2.84. The van der Waals surface area contributed by atoms with E-state index in [0.29, 0.717) is 10.6 Å². The van der Waals surface area contributed by atoms with E-state index in [1.54, 1.807) is 32.0 Å². The van der Waals surface area contributed by atoms with E-state index in [4.69, 9.17) is 16.3 Å². The lowest BCUT2D eigenvalue weighted by atomic mass is 9.98. The number of ether oxygens (including phenoxy) is 1. The van der Waals surface area contributed by atoms with Crippen LogP contribution < -0.4 is 0 Å². The number of hydrogen-bond acceptors (Lipinski definition) is 4.